The van der Waals surface area contributed by atoms with Crippen molar-refractivity contribution in [2.75, 3.05) is 0 Å². The molecule has 2 aromatic rings. The maximum atomic E-state index is 13.5. The molecule has 0 spiro atoms. The van der Waals surface area contributed by atoms with Crippen LogP contribution in [0.15, 0.2) is 30.3 Å². The smallest absolute Gasteiger partial charge is 0.229 e. The normalized spacial score (nSPS) is 31.0. The molecule has 0 saturated carbocycles. The summed E-state index contributed by atoms with van der Waals surface area (Å²) in [5.74, 6) is -0.864. The highest BCUT2D eigenvalue weighted by atomic mass is 16.7. The minimum atomic E-state index is -1.57. The van der Waals surface area contributed by atoms with Gasteiger partial charge < -0.3 is 24.8 Å². The zero-order valence-corrected chi connectivity index (χ0v) is 18.1. The number of hydrogen-bond acceptors (Lipinski definition) is 8. The minimum absolute atomic E-state index is 0.00834. The van der Waals surface area contributed by atoms with E-state index in [1.165, 1.54) is 25.1 Å². The monoisotopic (exact) mass is 452 g/mol. The molecule has 1 fully saturated rings. The van der Waals surface area contributed by atoms with Crippen LogP contribution in [0.1, 0.15) is 68.0 Å². The van der Waals surface area contributed by atoms with Crippen molar-refractivity contribution in [1.82, 2.24) is 0 Å². The van der Waals surface area contributed by atoms with Crippen molar-refractivity contribution in [3.8, 4) is 5.75 Å². The van der Waals surface area contributed by atoms with Gasteiger partial charge in [-0.15, -0.1) is 0 Å². The Labute approximate surface area is 189 Å². The van der Waals surface area contributed by atoms with Gasteiger partial charge in [-0.3, -0.25) is 14.4 Å². The van der Waals surface area contributed by atoms with E-state index in [1.54, 1.807) is 12.1 Å². The van der Waals surface area contributed by atoms with Gasteiger partial charge in [0.1, 0.15) is 24.1 Å². The molecule has 2 aliphatic carbocycles. The Balaban J connectivity index is 1.57. The molecule has 0 amide bonds. The Morgan fingerprint density at radius 2 is 1.52 bits per heavy atom. The number of carbonyl (C=O) groups excluding carboxylic acids is 3. The van der Waals surface area contributed by atoms with Crippen LogP contribution in [0, 0.1) is 5.92 Å². The summed E-state index contributed by atoms with van der Waals surface area (Å²) in [4.78, 5) is 39.8. The average molecular weight is 452 g/mol. The van der Waals surface area contributed by atoms with Crippen LogP contribution < -0.4 is 4.74 Å². The largest absolute Gasteiger partial charge is 0.461 e. The second-order valence-corrected chi connectivity index (χ2v) is 9.10. The maximum absolute atomic E-state index is 13.5. The highest BCUT2D eigenvalue weighted by Crippen LogP contribution is 2.39. The van der Waals surface area contributed by atoms with E-state index in [0.717, 1.165) is 5.56 Å². The summed E-state index contributed by atoms with van der Waals surface area (Å²) in [7, 11) is 0. The number of rotatable bonds is 2. The topological polar surface area (TPSA) is 130 Å². The molecule has 8 nitrogen and oxygen atoms in total. The highest BCUT2D eigenvalue weighted by molar-refractivity contribution is 6.32. The summed E-state index contributed by atoms with van der Waals surface area (Å²) in [6.45, 7) is 3.49. The van der Waals surface area contributed by atoms with E-state index in [9.17, 15) is 29.7 Å². The molecule has 172 valence electrons. The number of carbonyl (C=O) groups is 3. The number of Topliss-reactive ketones (excluding diaryl/α,β-unsaturated/α-hetero) is 1. The van der Waals surface area contributed by atoms with Crippen molar-refractivity contribution in [2.45, 2.75) is 57.4 Å². The van der Waals surface area contributed by atoms with E-state index in [-0.39, 0.29) is 39.7 Å². The fourth-order valence-electron chi connectivity index (χ4n) is 4.98. The summed E-state index contributed by atoms with van der Waals surface area (Å²) in [5.41, 5.74) is 1.49. The van der Waals surface area contributed by atoms with Gasteiger partial charge in [0.05, 0.1) is 11.7 Å². The molecule has 33 heavy (non-hydrogen) atoms. The molecule has 1 aliphatic heterocycles. The van der Waals surface area contributed by atoms with Gasteiger partial charge in [-0.1, -0.05) is 25.1 Å². The summed E-state index contributed by atoms with van der Waals surface area (Å²) in [5, 5.41) is 30.3. The van der Waals surface area contributed by atoms with Crippen LogP contribution in [-0.2, 0) is 11.2 Å². The number of aliphatic hydroxyl groups excluding tert-OH is 3. The molecule has 6 atom stereocenters. The predicted octanol–water partition coefficient (Wildman–Crippen LogP) is 1.43. The molecule has 0 radical (unpaired) electrons. The number of hydrogen-bond donors (Lipinski definition) is 3. The lowest BCUT2D eigenvalue weighted by atomic mass is 9.74. The van der Waals surface area contributed by atoms with Gasteiger partial charge in [0.25, 0.3) is 0 Å². The molecule has 0 aromatic heterocycles. The van der Waals surface area contributed by atoms with Gasteiger partial charge in [-0.2, -0.15) is 0 Å². The fourth-order valence-corrected chi connectivity index (χ4v) is 4.98. The summed E-state index contributed by atoms with van der Waals surface area (Å²) in [6, 6.07) is 7.81. The van der Waals surface area contributed by atoms with Crippen LogP contribution in [-0.4, -0.2) is 63.4 Å². The first kappa shape index (κ1) is 21.9. The first-order valence-electron chi connectivity index (χ1n) is 11.0. The molecule has 8 heteroatoms. The van der Waals surface area contributed by atoms with Gasteiger partial charge in [0, 0.05) is 28.7 Å². The van der Waals surface area contributed by atoms with Crippen LogP contribution >= 0.6 is 0 Å². The second kappa shape index (κ2) is 7.85. The zero-order chi connectivity index (χ0) is 23.6. The number of ketones is 3. The molecule has 1 saturated heterocycles. The molecular formula is C25H24O8. The zero-order valence-electron chi connectivity index (χ0n) is 18.1. The number of benzene rings is 2. The van der Waals surface area contributed by atoms with E-state index in [4.69, 9.17) is 9.47 Å². The van der Waals surface area contributed by atoms with Crippen LogP contribution in [0.5, 0.6) is 5.75 Å². The van der Waals surface area contributed by atoms with Gasteiger partial charge in [0.15, 0.2) is 17.3 Å². The van der Waals surface area contributed by atoms with Crippen molar-refractivity contribution >= 4 is 17.3 Å². The lowest BCUT2D eigenvalue weighted by molar-refractivity contribution is -0.268. The SMILES string of the molecule is CC1OC(Oc2cccc3c2C(=O)c2ccc4c(c2C3=O)C(=O)C[C@@H](C)C4)C(O)C(O)C1O. The van der Waals surface area contributed by atoms with E-state index >= 15 is 0 Å². The predicted molar refractivity (Wildman–Crippen MR) is 115 cm³/mol. The quantitative estimate of drug-likeness (QED) is 0.532. The Kier molecular flexibility index (Phi) is 5.21. The molecular weight excluding hydrogens is 428 g/mol. The van der Waals surface area contributed by atoms with E-state index in [1.807, 2.05) is 6.92 Å². The number of fused-ring (bicyclic) bond motifs is 4. The van der Waals surface area contributed by atoms with Gasteiger partial charge >= 0.3 is 0 Å². The van der Waals surface area contributed by atoms with Crippen LogP contribution in [0.2, 0.25) is 0 Å². The summed E-state index contributed by atoms with van der Waals surface area (Å²) >= 11 is 0. The maximum Gasteiger partial charge on any atom is 0.229 e. The minimum Gasteiger partial charge on any atom is -0.461 e. The van der Waals surface area contributed by atoms with Crippen molar-refractivity contribution in [2.24, 2.45) is 5.92 Å². The van der Waals surface area contributed by atoms with E-state index in [0.29, 0.717) is 18.4 Å². The van der Waals surface area contributed by atoms with E-state index in [2.05, 4.69) is 0 Å². The summed E-state index contributed by atoms with van der Waals surface area (Å²) in [6.07, 6.45) is -5.58. The highest BCUT2D eigenvalue weighted by Gasteiger charge is 2.44. The van der Waals surface area contributed by atoms with Crippen LogP contribution in [0.3, 0.4) is 0 Å². The lowest BCUT2D eigenvalue weighted by Gasteiger charge is -2.39. The average Bonchev–Trinajstić information content (AvgIpc) is 2.78. The molecule has 5 unspecified atom stereocenters. The molecule has 3 aliphatic rings. The van der Waals surface area contributed by atoms with Crippen molar-refractivity contribution < 1.29 is 39.2 Å². The van der Waals surface area contributed by atoms with Gasteiger partial charge in [-0.25, -0.2) is 0 Å². The van der Waals surface area contributed by atoms with Crippen LogP contribution in [0.25, 0.3) is 0 Å². The molecule has 3 N–H and O–H groups in total. The third kappa shape index (κ3) is 3.33. The van der Waals surface area contributed by atoms with Crippen molar-refractivity contribution in [1.29, 1.82) is 0 Å². The van der Waals surface area contributed by atoms with E-state index < -0.39 is 42.3 Å². The Morgan fingerprint density at radius 1 is 0.818 bits per heavy atom. The lowest BCUT2D eigenvalue weighted by Crippen LogP contribution is -2.58. The van der Waals surface area contributed by atoms with Gasteiger partial charge in [-0.05, 0) is 37.0 Å². The van der Waals surface area contributed by atoms with Crippen molar-refractivity contribution in [3.05, 3.63) is 63.7 Å². The van der Waals surface area contributed by atoms with Gasteiger partial charge in [0.2, 0.25) is 6.29 Å². The Morgan fingerprint density at radius 3 is 2.27 bits per heavy atom. The molecule has 5 rings (SSSR count). The molecule has 0 bridgehead atoms. The summed E-state index contributed by atoms with van der Waals surface area (Å²) < 4.78 is 11.2. The second-order valence-electron chi connectivity index (χ2n) is 9.10. The number of aliphatic hydroxyl groups is 3. The number of ether oxygens (including phenoxy) is 2. The first-order valence-corrected chi connectivity index (χ1v) is 11.0. The standard InChI is InChI=1S/C25H24O8/c1-10-8-12-6-7-14-19(17(12)15(26)9-10)22(29)13-4-3-5-16(18(13)21(14)28)33-25-24(31)23(30)20(27)11(2)32-25/h3-7,10-11,20,23-25,27,30-31H,8-9H2,1-2H3/t10-,11?,20?,23?,24?,25?/m0/s1. The third-order valence-corrected chi connectivity index (χ3v) is 6.69. The fraction of sp³-hybridized carbons (Fsp3) is 0.400. The Hall–Kier alpha value is -2.91. The molecule has 2 aromatic carbocycles. The first-order chi connectivity index (χ1) is 15.7. The molecule has 1 heterocycles. The van der Waals surface area contributed by atoms with Crippen molar-refractivity contribution in [3.63, 3.8) is 0 Å². The third-order valence-electron chi connectivity index (χ3n) is 6.69. The van der Waals surface area contributed by atoms with Crippen LogP contribution in [0.4, 0.5) is 0 Å². The Bertz CT molecular complexity index is 1190.